The third kappa shape index (κ3) is 1.98. The summed E-state index contributed by atoms with van der Waals surface area (Å²) in [6.07, 6.45) is 3.88. The molecule has 0 bridgehead atoms. The lowest BCUT2D eigenvalue weighted by molar-refractivity contribution is 0.698. The van der Waals surface area contributed by atoms with Crippen molar-refractivity contribution in [3.8, 4) is 11.4 Å². The van der Waals surface area contributed by atoms with E-state index >= 15 is 0 Å². The van der Waals surface area contributed by atoms with Crippen molar-refractivity contribution < 1.29 is 0 Å². The average Bonchev–Trinajstić information content (AvgIpc) is 2.71. The van der Waals surface area contributed by atoms with Gasteiger partial charge in [-0.2, -0.15) is 0 Å². The molecular weight excluding hydrogens is 278 g/mol. The predicted octanol–water partition coefficient (Wildman–Crippen LogP) is 2.85. The van der Waals surface area contributed by atoms with Crippen LogP contribution in [0.4, 0.5) is 0 Å². The minimum absolute atomic E-state index is 0.0684. The smallest absolute Gasteiger partial charge is 0.159 e. The summed E-state index contributed by atoms with van der Waals surface area (Å²) in [5.74, 6) is 0.752. The highest BCUT2D eigenvalue weighted by atomic mass is 79.9. The zero-order valence-electron chi connectivity index (χ0n) is 9.23. The molecule has 1 aromatic heterocycles. The molecule has 2 aromatic rings. The van der Waals surface area contributed by atoms with Crippen LogP contribution in [0.15, 0.2) is 34.9 Å². The zero-order valence-corrected chi connectivity index (χ0v) is 10.8. The fourth-order valence-electron chi connectivity index (χ4n) is 2.15. The van der Waals surface area contributed by atoms with E-state index in [9.17, 15) is 0 Å². The van der Waals surface area contributed by atoms with Gasteiger partial charge >= 0.3 is 0 Å². The van der Waals surface area contributed by atoms with E-state index < -0.39 is 0 Å². The van der Waals surface area contributed by atoms with Crippen LogP contribution in [0.2, 0.25) is 0 Å². The number of hydrogen-bond donors (Lipinski definition) is 1. The highest BCUT2D eigenvalue weighted by molar-refractivity contribution is 9.10. The Bertz CT molecular complexity index is 568. The topological polar surface area (TPSA) is 51.8 Å². The van der Waals surface area contributed by atoms with Gasteiger partial charge in [0.2, 0.25) is 0 Å². The second kappa shape index (κ2) is 4.20. The zero-order chi connectivity index (χ0) is 11.8. The molecular formula is C13H12BrN3. The molecule has 0 radical (unpaired) electrons. The number of fused-ring (bicyclic) bond motifs is 1. The van der Waals surface area contributed by atoms with E-state index in [2.05, 4.69) is 25.9 Å². The van der Waals surface area contributed by atoms with Crippen LogP contribution >= 0.6 is 15.9 Å². The maximum absolute atomic E-state index is 6.02. The summed E-state index contributed by atoms with van der Waals surface area (Å²) in [7, 11) is 0. The number of nitrogens with zero attached hydrogens (tertiary/aromatic N) is 2. The van der Waals surface area contributed by atoms with Gasteiger partial charge in [-0.25, -0.2) is 9.97 Å². The van der Waals surface area contributed by atoms with Crippen molar-refractivity contribution in [2.45, 2.75) is 18.9 Å². The fraction of sp³-hybridized carbons (Fsp3) is 0.231. The largest absolute Gasteiger partial charge is 0.323 e. The minimum atomic E-state index is 0.0684. The van der Waals surface area contributed by atoms with Gasteiger partial charge in [-0.15, -0.1) is 0 Å². The Morgan fingerprint density at radius 2 is 2.24 bits per heavy atom. The van der Waals surface area contributed by atoms with Crippen LogP contribution < -0.4 is 5.73 Å². The lowest BCUT2D eigenvalue weighted by Crippen LogP contribution is -2.08. The molecule has 1 aliphatic carbocycles. The molecule has 1 unspecified atom stereocenters. The van der Waals surface area contributed by atoms with E-state index in [0.717, 1.165) is 34.4 Å². The third-order valence-corrected chi connectivity index (χ3v) is 3.55. The Balaban J connectivity index is 2.08. The summed E-state index contributed by atoms with van der Waals surface area (Å²) >= 11 is 3.45. The van der Waals surface area contributed by atoms with Crippen molar-refractivity contribution in [2.75, 3.05) is 0 Å². The maximum Gasteiger partial charge on any atom is 0.159 e. The molecule has 1 heterocycles. The molecule has 1 aliphatic rings. The van der Waals surface area contributed by atoms with Gasteiger partial charge in [0.15, 0.2) is 5.82 Å². The SMILES string of the molecule is NC1CCc2cnc(-c3cccc(Br)c3)nc21. The summed E-state index contributed by atoms with van der Waals surface area (Å²) in [5.41, 5.74) is 9.24. The maximum atomic E-state index is 6.02. The summed E-state index contributed by atoms with van der Waals surface area (Å²) in [6.45, 7) is 0. The molecule has 0 aliphatic heterocycles. The van der Waals surface area contributed by atoms with Crippen LogP contribution in [0.1, 0.15) is 23.7 Å². The lowest BCUT2D eigenvalue weighted by Gasteiger charge is -2.06. The van der Waals surface area contributed by atoms with E-state index in [0.29, 0.717) is 0 Å². The van der Waals surface area contributed by atoms with Gasteiger partial charge in [-0.1, -0.05) is 28.1 Å². The highest BCUT2D eigenvalue weighted by Crippen LogP contribution is 2.29. The fourth-order valence-corrected chi connectivity index (χ4v) is 2.55. The van der Waals surface area contributed by atoms with Crippen molar-refractivity contribution in [1.82, 2.24) is 9.97 Å². The number of rotatable bonds is 1. The molecule has 86 valence electrons. The van der Waals surface area contributed by atoms with Gasteiger partial charge in [-0.3, -0.25) is 0 Å². The van der Waals surface area contributed by atoms with Gasteiger partial charge in [0.1, 0.15) is 0 Å². The molecule has 1 aromatic carbocycles. The monoisotopic (exact) mass is 289 g/mol. The van der Waals surface area contributed by atoms with E-state index in [4.69, 9.17) is 5.73 Å². The normalized spacial score (nSPS) is 18.1. The van der Waals surface area contributed by atoms with Crippen LogP contribution in [-0.2, 0) is 6.42 Å². The number of halogens is 1. The van der Waals surface area contributed by atoms with E-state index in [1.807, 2.05) is 30.5 Å². The third-order valence-electron chi connectivity index (χ3n) is 3.06. The van der Waals surface area contributed by atoms with Crippen LogP contribution in [0.5, 0.6) is 0 Å². The van der Waals surface area contributed by atoms with Gasteiger partial charge in [0.25, 0.3) is 0 Å². The summed E-state index contributed by atoms with van der Waals surface area (Å²) in [6, 6.07) is 8.06. The summed E-state index contributed by atoms with van der Waals surface area (Å²) in [4.78, 5) is 9.00. The first-order chi connectivity index (χ1) is 8.24. The van der Waals surface area contributed by atoms with Crippen molar-refractivity contribution >= 4 is 15.9 Å². The Morgan fingerprint density at radius 1 is 1.35 bits per heavy atom. The van der Waals surface area contributed by atoms with Crippen LogP contribution in [0.25, 0.3) is 11.4 Å². The predicted molar refractivity (Wildman–Crippen MR) is 70.4 cm³/mol. The molecule has 0 spiro atoms. The van der Waals surface area contributed by atoms with E-state index in [1.54, 1.807) is 0 Å². The van der Waals surface area contributed by atoms with Crippen molar-refractivity contribution in [1.29, 1.82) is 0 Å². The number of hydrogen-bond acceptors (Lipinski definition) is 3. The highest BCUT2D eigenvalue weighted by Gasteiger charge is 2.21. The second-order valence-corrected chi connectivity index (χ2v) is 5.18. The van der Waals surface area contributed by atoms with E-state index in [-0.39, 0.29) is 6.04 Å². The van der Waals surface area contributed by atoms with Crippen molar-refractivity contribution in [3.63, 3.8) is 0 Å². The van der Waals surface area contributed by atoms with Gasteiger partial charge < -0.3 is 5.73 Å². The molecule has 17 heavy (non-hydrogen) atoms. The van der Waals surface area contributed by atoms with Crippen LogP contribution in [0.3, 0.4) is 0 Å². The van der Waals surface area contributed by atoms with Crippen LogP contribution in [0, 0.1) is 0 Å². The average molecular weight is 290 g/mol. The Labute approximate surface area is 108 Å². The standard InChI is InChI=1S/C13H12BrN3/c14-10-3-1-2-8(6-10)13-16-7-9-4-5-11(15)12(9)17-13/h1-3,6-7,11H,4-5,15H2. The van der Waals surface area contributed by atoms with E-state index in [1.165, 1.54) is 5.56 Å². The molecule has 3 nitrogen and oxygen atoms in total. The first kappa shape index (κ1) is 10.9. The van der Waals surface area contributed by atoms with Crippen molar-refractivity contribution in [3.05, 3.63) is 46.2 Å². The van der Waals surface area contributed by atoms with Crippen LogP contribution in [-0.4, -0.2) is 9.97 Å². The molecule has 0 saturated carbocycles. The molecule has 0 fully saturated rings. The lowest BCUT2D eigenvalue weighted by atomic mass is 10.2. The minimum Gasteiger partial charge on any atom is -0.323 e. The second-order valence-electron chi connectivity index (χ2n) is 4.26. The van der Waals surface area contributed by atoms with Gasteiger partial charge in [0.05, 0.1) is 5.69 Å². The summed E-state index contributed by atoms with van der Waals surface area (Å²) in [5, 5.41) is 0. The number of aryl methyl sites for hydroxylation is 1. The molecule has 2 N–H and O–H groups in total. The first-order valence-corrected chi connectivity index (χ1v) is 6.40. The van der Waals surface area contributed by atoms with Gasteiger partial charge in [0, 0.05) is 22.3 Å². The van der Waals surface area contributed by atoms with Crippen molar-refractivity contribution in [2.24, 2.45) is 5.73 Å². The molecule has 0 saturated heterocycles. The summed E-state index contributed by atoms with van der Waals surface area (Å²) < 4.78 is 1.03. The molecule has 4 heteroatoms. The van der Waals surface area contributed by atoms with Gasteiger partial charge in [-0.05, 0) is 30.5 Å². The molecule has 3 rings (SSSR count). The molecule has 1 atom stereocenters. The Kier molecular flexibility index (Phi) is 2.68. The molecule has 0 amide bonds. The number of nitrogens with two attached hydrogens (primary N) is 1. The quantitative estimate of drug-likeness (QED) is 0.878. The Morgan fingerprint density at radius 3 is 3.06 bits per heavy atom. The number of aromatic nitrogens is 2. The first-order valence-electron chi connectivity index (χ1n) is 5.61. The Hall–Kier alpha value is -1.26. The number of benzene rings is 1.